The molecular formula is C19H12Br3ClN2O2S2. The zero-order chi connectivity index (χ0) is 21.1. The lowest BCUT2D eigenvalue weighted by atomic mass is 10.2. The van der Waals surface area contributed by atoms with Crippen LogP contribution in [0.5, 0.6) is 0 Å². The Morgan fingerprint density at radius 3 is 2.52 bits per heavy atom. The maximum atomic E-state index is 12.7. The molecular weight excluding hydrogens is 628 g/mol. The lowest BCUT2D eigenvalue weighted by Crippen LogP contribution is -2.31. The maximum Gasteiger partial charge on any atom is 0.266 e. The molecule has 0 radical (unpaired) electrons. The lowest BCUT2D eigenvalue weighted by Gasteiger charge is -2.15. The molecule has 1 saturated heterocycles. The molecule has 1 aliphatic heterocycles. The van der Waals surface area contributed by atoms with E-state index in [-0.39, 0.29) is 24.8 Å². The zero-order valence-corrected chi connectivity index (χ0v) is 21.7. The van der Waals surface area contributed by atoms with Gasteiger partial charge in [0.25, 0.3) is 5.91 Å². The van der Waals surface area contributed by atoms with Crippen LogP contribution in [0.1, 0.15) is 12.0 Å². The molecule has 1 aliphatic rings. The highest BCUT2D eigenvalue weighted by molar-refractivity contribution is 9.11. The Bertz CT molecular complexity index is 1020. The number of halogens is 4. The van der Waals surface area contributed by atoms with Crippen LogP contribution in [0, 0.1) is 0 Å². The van der Waals surface area contributed by atoms with Crippen LogP contribution < -0.4 is 5.32 Å². The molecule has 1 fully saturated rings. The van der Waals surface area contributed by atoms with Crippen molar-refractivity contribution >= 4 is 111 Å². The van der Waals surface area contributed by atoms with E-state index in [1.165, 1.54) is 16.7 Å². The van der Waals surface area contributed by atoms with Gasteiger partial charge in [0.2, 0.25) is 5.91 Å². The quantitative estimate of drug-likeness (QED) is 0.287. The Morgan fingerprint density at radius 1 is 1.21 bits per heavy atom. The normalized spacial score (nSPS) is 15.3. The van der Waals surface area contributed by atoms with Gasteiger partial charge in [-0.05, 0) is 61.7 Å². The summed E-state index contributed by atoms with van der Waals surface area (Å²) in [7, 11) is 0. The van der Waals surface area contributed by atoms with Crippen molar-refractivity contribution in [2.24, 2.45) is 0 Å². The Kier molecular flexibility index (Phi) is 7.97. The molecule has 1 N–H and O–H groups in total. The molecule has 0 aliphatic carbocycles. The number of hydrogen-bond donors (Lipinski definition) is 1. The first-order valence-corrected chi connectivity index (χ1v) is 12.2. The molecule has 1 heterocycles. The Labute approximate surface area is 207 Å². The number of anilines is 1. The highest BCUT2D eigenvalue weighted by Crippen LogP contribution is 2.35. The monoisotopic (exact) mass is 636 g/mol. The number of rotatable bonds is 5. The van der Waals surface area contributed by atoms with E-state index in [0.717, 1.165) is 19.0 Å². The summed E-state index contributed by atoms with van der Waals surface area (Å²) in [4.78, 5) is 27.0. The number of thiocarbonyl (C=S) groups is 1. The highest BCUT2D eigenvalue weighted by Gasteiger charge is 2.32. The highest BCUT2D eigenvalue weighted by atomic mass is 79.9. The topological polar surface area (TPSA) is 49.4 Å². The molecule has 0 atom stereocenters. The third-order valence-corrected chi connectivity index (χ3v) is 7.33. The number of nitrogens with zero attached hydrogens (tertiary/aromatic N) is 1. The largest absolute Gasteiger partial charge is 0.324 e. The SMILES string of the molecule is O=C(CCN1C(=O)C(=Cc2ccccc2Cl)SC1=S)Nc1c(Br)cc(Br)cc1Br. The number of benzene rings is 2. The van der Waals surface area contributed by atoms with Crippen molar-refractivity contribution in [3.05, 3.63) is 65.3 Å². The van der Waals surface area contributed by atoms with Crippen LogP contribution in [0.3, 0.4) is 0 Å². The first-order chi connectivity index (χ1) is 13.8. The molecule has 3 rings (SSSR count). The van der Waals surface area contributed by atoms with Gasteiger partial charge in [0.1, 0.15) is 4.32 Å². The first kappa shape index (κ1) is 23.0. The number of carbonyl (C=O) groups excluding carboxylic acids is 2. The number of hydrogen-bond acceptors (Lipinski definition) is 4. The predicted molar refractivity (Wildman–Crippen MR) is 134 cm³/mol. The van der Waals surface area contributed by atoms with Crippen molar-refractivity contribution in [3.8, 4) is 0 Å². The summed E-state index contributed by atoms with van der Waals surface area (Å²) < 4.78 is 2.77. The van der Waals surface area contributed by atoms with E-state index in [2.05, 4.69) is 53.1 Å². The van der Waals surface area contributed by atoms with E-state index in [1.54, 1.807) is 12.1 Å². The average molecular weight is 640 g/mol. The molecule has 0 spiro atoms. The van der Waals surface area contributed by atoms with Crippen molar-refractivity contribution in [1.82, 2.24) is 4.90 Å². The molecule has 0 bridgehead atoms. The molecule has 0 saturated carbocycles. The minimum atomic E-state index is -0.224. The van der Waals surface area contributed by atoms with Crippen molar-refractivity contribution in [1.29, 1.82) is 0 Å². The maximum absolute atomic E-state index is 12.7. The average Bonchev–Trinajstić information content (AvgIpc) is 2.91. The van der Waals surface area contributed by atoms with E-state index in [4.69, 9.17) is 23.8 Å². The minimum Gasteiger partial charge on any atom is -0.324 e. The molecule has 29 heavy (non-hydrogen) atoms. The van der Waals surface area contributed by atoms with Crippen molar-refractivity contribution in [3.63, 3.8) is 0 Å². The molecule has 2 aromatic carbocycles. The standard InChI is InChI=1S/C19H12Br3ClN2O2S2/c20-11-8-12(21)17(13(22)9-11)24-16(26)5-6-25-18(27)15(29-19(25)28)7-10-3-1-2-4-14(10)23/h1-4,7-9H,5-6H2,(H,24,26). The second kappa shape index (κ2) is 10.1. The third kappa shape index (κ3) is 5.71. The van der Waals surface area contributed by atoms with Gasteiger partial charge in [-0.25, -0.2) is 0 Å². The van der Waals surface area contributed by atoms with Crippen molar-refractivity contribution in [2.45, 2.75) is 6.42 Å². The molecule has 2 amide bonds. The van der Waals surface area contributed by atoms with Gasteiger partial charge in [0.05, 0.1) is 10.6 Å². The summed E-state index contributed by atoms with van der Waals surface area (Å²) in [6.07, 6.45) is 1.83. The molecule has 4 nitrogen and oxygen atoms in total. The van der Waals surface area contributed by atoms with E-state index >= 15 is 0 Å². The minimum absolute atomic E-state index is 0.112. The van der Waals surface area contributed by atoms with Gasteiger partial charge in [-0.1, -0.05) is 69.7 Å². The van der Waals surface area contributed by atoms with Gasteiger partial charge < -0.3 is 5.32 Å². The summed E-state index contributed by atoms with van der Waals surface area (Å²) in [6, 6.07) is 10.9. The molecule has 0 aromatic heterocycles. The number of amides is 2. The van der Waals surface area contributed by atoms with Crippen LogP contribution in [0.15, 0.2) is 54.7 Å². The van der Waals surface area contributed by atoms with Crippen LogP contribution >= 0.6 is 83.4 Å². The fourth-order valence-electron chi connectivity index (χ4n) is 2.50. The first-order valence-electron chi connectivity index (χ1n) is 8.20. The molecule has 150 valence electrons. The lowest BCUT2D eigenvalue weighted by molar-refractivity contribution is -0.122. The van der Waals surface area contributed by atoms with Gasteiger partial charge in [-0.3, -0.25) is 14.5 Å². The van der Waals surface area contributed by atoms with E-state index in [1.807, 2.05) is 30.3 Å². The second-order valence-electron chi connectivity index (χ2n) is 5.90. The summed E-state index contributed by atoms with van der Waals surface area (Å²) in [6.45, 7) is 0.197. The molecule has 0 unspecified atom stereocenters. The number of thioether (sulfide) groups is 1. The number of nitrogens with one attached hydrogen (secondary N) is 1. The Hall–Kier alpha value is -0.710. The Balaban J connectivity index is 1.65. The predicted octanol–water partition coefficient (Wildman–Crippen LogP) is 6.86. The van der Waals surface area contributed by atoms with Crippen LogP contribution in [-0.2, 0) is 9.59 Å². The van der Waals surface area contributed by atoms with Gasteiger partial charge in [0.15, 0.2) is 0 Å². The summed E-state index contributed by atoms with van der Waals surface area (Å²) in [5.41, 5.74) is 1.37. The van der Waals surface area contributed by atoms with E-state index in [9.17, 15) is 9.59 Å². The fourth-order valence-corrected chi connectivity index (χ4v) is 6.45. The molecule has 2 aromatic rings. The number of carbonyl (C=O) groups is 2. The van der Waals surface area contributed by atoms with Crippen molar-refractivity contribution in [2.75, 3.05) is 11.9 Å². The summed E-state index contributed by atoms with van der Waals surface area (Å²) in [5.74, 6) is -0.448. The van der Waals surface area contributed by atoms with Crippen LogP contribution in [0.4, 0.5) is 5.69 Å². The van der Waals surface area contributed by atoms with E-state index < -0.39 is 0 Å². The van der Waals surface area contributed by atoms with Gasteiger partial charge in [0, 0.05) is 31.4 Å². The summed E-state index contributed by atoms with van der Waals surface area (Å²) in [5, 5.41) is 3.40. The van der Waals surface area contributed by atoms with Gasteiger partial charge in [-0.2, -0.15) is 0 Å². The van der Waals surface area contributed by atoms with Crippen LogP contribution in [0.2, 0.25) is 5.02 Å². The zero-order valence-electron chi connectivity index (χ0n) is 14.5. The fraction of sp³-hybridized carbons (Fsp3) is 0.105. The smallest absolute Gasteiger partial charge is 0.266 e. The second-order valence-corrected chi connectivity index (χ2v) is 10.6. The van der Waals surface area contributed by atoms with Crippen molar-refractivity contribution < 1.29 is 9.59 Å². The van der Waals surface area contributed by atoms with Gasteiger partial charge >= 0.3 is 0 Å². The van der Waals surface area contributed by atoms with Crippen LogP contribution in [-0.4, -0.2) is 27.6 Å². The van der Waals surface area contributed by atoms with Crippen LogP contribution in [0.25, 0.3) is 6.08 Å². The third-order valence-electron chi connectivity index (χ3n) is 3.90. The Morgan fingerprint density at radius 2 is 1.86 bits per heavy atom. The van der Waals surface area contributed by atoms with E-state index in [0.29, 0.717) is 19.9 Å². The summed E-state index contributed by atoms with van der Waals surface area (Å²) >= 11 is 22.9. The molecule has 10 heteroatoms. The van der Waals surface area contributed by atoms with Gasteiger partial charge in [-0.15, -0.1) is 0 Å².